The number of carboxylic acid groups (broad SMARTS) is 1. The van der Waals surface area contributed by atoms with E-state index in [0.29, 0.717) is 12.1 Å². The monoisotopic (exact) mass is 422 g/mol. The van der Waals surface area contributed by atoms with Crippen LogP contribution in [0.15, 0.2) is 18.2 Å². The van der Waals surface area contributed by atoms with E-state index in [-0.39, 0.29) is 48.5 Å². The van der Waals surface area contributed by atoms with Crippen molar-refractivity contribution in [2.75, 3.05) is 13.1 Å². The Balaban J connectivity index is 1.89. The molecule has 1 aliphatic carbocycles. The number of halogens is 5. The minimum atomic E-state index is -4.22. The molecule has 1 aromatic carbocycles. The average Bonchev–Trinajstić information content (AvgIpc) is 2.53. The van der Waals surface area contributed by atoms with Gasteiger partial charge in [0.15, 0.2) is 0 Å². The van der Waals surface area contributed by atoms with E-state index >= 15 is 0 Å². The molecule has 3 atom stereocenters. The zero-order valence-electron chi connectivity index (χ0n) is 15.6. The Morgan fingerprint density at radius 2 is 1.86 bits per heavy atom. The van der Waals surface area contributed by atoms with Crippen LogP contribution in [0.1, 0.15) is 38.3 Å². The molecule has 2 fully saturated rings. The highest BCUT2D eigenvalue weighted by molar-refractivity contribution is 6.30. The topological polar surface area (TPSA) is 43.8 Å². The third kappa shape index (κ3) is 4.08. The van der Waals surface area contributed by atoms with E-state index < -0.39 is 24.0 Å². The SMILES string of the molecule is C[C@@H]1CN(C(=O)O)[C@@H](C)CN1C(c1ccc(F)c(Cl)c1)C1CC(C(F)(F)F)C1. The molecule has 1 heterocycles. The van der Waals surface area contributed by atoms with E-state index in [4.69, 9.17) is 11.6 Å². The van der Waals surface area contributed by atoms with Crippen molar-refractivity contribution in [2.24, 2.45) is 11.8 Å². The predicted molar refractivity (Wildman–Crippen MR) is 96.8 cm³/mol. The smallest absolute Gasteiger partial charge is 0.407 e. The molecule has 1 saturated carbocycles. The van der Waals surface area contributed by atoms with E-state index in [1.165, 1.54) is 17.0 Å². The maximum atomic E-state index is 13.6. The largest absolute Gasteiger partial charge is 0.465 e. The molecule has 1 unspecified atom stereocenters. The lowest BCUT2D eigenvalue weighted by molar-refractivity contribution is -0.211. The minimum Gasteiger partial charge on any atom is -0.465 e. The van der Waals surface area contributed by atoms with Gasteiger partial charge >= 0.3 is 12.3 Å². The van der Waals surface area contributed by atoms with Crippen molar-refractivity contribution in [3.63, 3.8) is 0 Å². The number of hydrogen-bond acceptors (Lipinski definition) is 2. The lowest BCUT2D eigenvalue weighted by Gasteiger charge is -2.51. The normalized spacial score (nSPS) is 30.0. The first-order valence-electron chi connectivity index (χ1n) is 9.26. The van der Waals surface area contributed by atoms with Crippen LogP contribution in [0, 0.1) is 17.7 Å². The standard InChI is InChI=1S/C19H23ClF4N2O2/c1-10-9-26(18(27)28)11(2)8-25(10)17(12-3-4-16(21)15(20)7-12)13-5-14(6-13)19(22,23)24/h3-4,7,10-11,13-14,17H,5-6,8-9H2,1-2H3,(H,27,28)/t10-,11+,13?,14?,17?/m1/s1. The molecule has 1 saturated heterocycles. The number of amides is 1. The van der Waals surface area contributed by atoms with Gasteiger partial charge in [0.2, 0.25) is 0 Å². The van der Waals surface area contributed by atoms with Crippen molar-refractivity contribution in [3.05, 3.63) is 34.6 Å². The summed E-state index contributed by atoms with van der Waals surface area (Å²) in [4.78, 5) is 14.8. The predicted octanol–water partition coefficient (Wildman–Crippen LogP) is 5.18. The zero-order chi connectivity index (χ0) is 20.8. The summed E-state index contributed by atoms with van der Waals surface area (Å²) in [6.07, 6.45) is -5.23. The minimum absolute atomic E-state index is 0.00338. The summed E-state index contributed by atoms with van der Waals surface area (Å²) in [6, 6.07) is 3.41. The summed E-state index contributed by atoms with van der Waals surface area (Å²) in [7, 11) is 0. The molecule has 156 valence electrons. The number of rotatable bonds is 3. The summed E-state index contributed by atoms with van der Waals surface area (Å²) in [5.74, 6) is -2.16. The first-order chi connectivity index (χ1) is 13.0. The maximum absolute atomic E-state index is 13.6. The highest BCUT2D eigenvalue weighted by atomic mass is 35.5. The Kier molecular flexibility index (Phi) is 5.83. The van der Waals surface area contributed by atoms with Crippen molar-refractivity contribution >= 4 is 17.7 Å². The summed E-state index contributed by atoms with van der Waals surface area (Å²) in [6.45, 7) is 4.29. The van der Waals surface area contributed by atoms with Gasteiger partial charge in [0.1, 0.15) is 5.82 Å². The van der Waals surface area contributed by atoms with Gasteiger partial charge in [0, 0.05) is 31.2 Å². The number of carbonyl (C=O) groups is 1. The van der Waals surface area contributed by atoms with Crippen molar-refractivity contribution in [3.8, 4) is 0 Å². The van der Waals surface area contributed by atoms with Gasteiger partial charge in [-0.2, -0.15) is 13.2 Å². The molecular formula is C19H23ClF4N2O2. The van der Waals surface area contributed by atoms with E-state index in [0.717, 1.165) is 0 Å². The fourth-order valence-corrected chi connectivity index (χ4v) is 4.61. The van der Waals surface area contributed by atoms with Gasteiger partial charge in [-0.1, -0.05) is 17.7 Å². The van der Waals surface area contributed by atoms with Crippen LogP contribution in [-0.4, -0.2) is 52.3 Å². The van der Waals surface area contributed by atoms with E-state index in [1.54, 1.807) is 13.0 Å². The summed E-state index contributed by atoms with van der Waals surface area (Å²) >= 11 is 5.93. The number of nitrogens with zero attached hydrogens (tertiary/aromatic N) is 2. The maximum Gasteiger partial charge on any atom is 0.407 e. The van der Waals surface area contributed by atoms with Gasteiger partial charge in [-0.15, -0.1) is 0 Å². The van der Waals surface area contributed by atoms with Crippen LogP contribution < -0.4 is 0 Å². The molecule has 3 rings (SSSR count). The third-order valence-corrected chi connectivity index (χ3v) is 6.30. The second-order valence-electron chi connectivity index (χ2n) is 7.92. The van der Waals surface area contributed by atoms with E-state index in [2.05, 4.69) is 0 Å². The fraction of sp³-hybridized carbons (Fsp3) is 0.632. The lowest BCUT2D eigenvalue weighted by Crippen LogP contribution is -2.60. The van der Waals surface area contributed by atoms with Crippen LogP contribution in [0.5, 0.6) is 0 Å². The van der Waals surface area contributed by atoms with Crippen LogP contribution in [-0.2, 0) is 0 Å². The van der Waals surface area contributed by atoms with Crippen LogP contribution in [0.3, 0.4) is 0 Å². The van der Waals surface area contributed by atoms with E-state index in [1.807, 2.05) is 11.8 Å². The summed E-state index contributed by atoms with van der Waals surface area (Å²) < 4.78 is 52.7. The molecule has 1 N–H and O–H groups in total. The fourth-order valence-electron chi connectivity index (χ4n) is 4.43. The van der Waals surface area contributed by atoms with Crippen LogP contribution in [0.25, 0.3) is 0 Å². The van der Waals surface area contributed by atoms with Crippen LogP contribution in [0.4, 0.5) is 22.4 Å². The number of benzene rings is 1. The Labute approximate surface area is 166 Å². The van der Waals surface area contributed by atoms with Gasteiger partial charge in [0.05, 0.1) is 10.9 Å². The molecule has 4 nitrogen and oxygen atoms in total. The van der Waals surface area contributed by atoms with Crippen molar-refractivity contribution in [1.82, 2.24) is 9.80 Å². The van der Waals surface area contributed by atoms with Gasteiger partial charge in [0.25, 0.3) is 0 Å². The molecule has 1 aliphatic heterocycles. The van der Waals surface area contributed by atoms with E-state index in [9.17, 15) is 27.5 Å². The Morgan fingerprint density at radius 1 is 1.21 bits per heavy atom. The molecule has 9 heteroatoms. The van der Waals surface area contributed by atoms with Gasteiger partial charge < -0.3 is 10.0 Å². The number of piperazine rings is 1. The molecule has 2 aliphatic rings. The zero-order valence-corrected chi connectivity index (χ0v) is 16.3. The Bertz CT molecular complexity index is 739. The second-order valence-corrected chi connectivity index (χ2v) is 8.33. The highest BCUT2D eigenvalue weighted by Gasteiger charge is 2.52. The number of alkyl halides is 3. The molecule has 28 heavy (non-hydrogen) atoms. The molecule has 1 aromatic rings. The first-order valence-corrected chi connectivity index (χ1v) is 9.63. The van der Waals surface area contributed by atoms with Crippen molar-refractivity contribution < 1.29 is 27.5 Å². The molecule has 0 aromatic heterocycles. The molecule has 0 radical (unpaired) electrons. The molecule has 1 amide bonds. The quantitative estimate of drug-likeness (QED) is 0.682. The summed E-state index contributed by atoms with van der Waals surface area (Å²) in [5.41, 5.74) is 0.667. The van der Waals surface area contributed by atoms with Crippen LogP contribution >= 0.6 is 11.6 Å². The third-order valence-electron chi connectivity index (χ3n) is 6.01. The Morgan fingerprint density at radius 3 is 2.39 bits per heavy atom. The van der Waals surface area contributed by atoms with Crippen molar-refractivity contribution in [1.29, 1.82) is 0 Å². The molecule has 0 spiro atoms. The first kappa shape index (κ1) is 21.2. The summed E-state index contributed by atoms with van der Waals surface area (Å²) in [5, 5.41) is 9.28. The Hall–Kier alpha value is -1.54. The second kappa shape index (κ2) is 7.71. The van der Waals surface area contributed by atoms with Gasteiger partial charge in [-0.25, -0.2) is 9.18 Å². The van der Waals surface area contributed by atoms with Crippen LogP contribution in [0.2, 0.25) is 5.02 Å². The molecule has 0 bridgehead atoms. The molecular weight excluding hydrogens is 400 g/mol. The van der Waals surface area contributed by atoms with Gasteiger partial charge in [-0.05, 0) is 50.3 Å². The van der Waals surface area contributed by atoms with Crippen molar-refractivity contribution in [2.45, 2.75) is 51.0 Å². The van der Waals surface area contributed by atoms with Gasteiger partial charge in [-0.3, -0.25) is 4.90 Å². The number of hydrogen-bond donors (Lipinski definition) is 1. The highest BCUT2D eigenvalue weighted by Crippen LogP contribution is 2.52. The lowest BCUT2D eigenvalue weighted by atomic mass is 9.68. The average molecular weight is 423 g/mol.